The van der Waals surface area contributed by atoms with Crippen LogP contribution >= 0.6 is 11.3 Å². The van der Waals surface area contributed by atoms with Crippen LogP contribution in [-0.2, 0) is 0 Å². The van der Waals surface area contributed by atoms with Gasteiger partial charge in [0.2, 0.25) is 0 Å². The fraction of sp³-hybridized carbons (Fsp3) is 0.455. The van der Waals surface area contributed by atoms with Crippen LogP contribution in [0.15, 0.2) is 24.7 Å². The molecule has 0 aromatic carbocycles. The predicted octanol–water partition coefficient (Wildman–Crippen LogP) is 4.20. The van der Waals surface area contributed by atoms with E-state index in [1.807, 2.05) is 19.2 Å². The molecule has 1 fully saturated rings. The van der Waals surface area contributed by atoms with Crippen LogP contribution in [0.3, 0.4) is 0 Å². The molecule has 5 rings (SSSR count). The van der Waals surface area contributed by atoms with Crippen molar-refractivity contribution in [3.63, 3.8) is 0 Å². The first-order valence-electron chi connectivity index (χ1n) is 10.8. The lowest BCUT2D eigenvalue weighted by Gasteiger charge is -2.36. The number of halogens is 3. The first-order chi connectivity index (χ1) is 15.6. The molecule has 0 radical (unpaired) electrons. The number of fused-ring (bicyclic) bond motifs is 2. The van der Waals surface area contributed by atoms with Crippen LogP contribution in [0.5, 0.6) is 0 Å². The summed E-state index contributed by atoms with van der Waals surface area (Å²) in [5, 5.41) is 17.7. The van der Waals surface area contributed by atoms with Gasteiger partial charge < -0.3 is 15.4 Å². The number of hydrogen-bond donors (Lipinski definition) is 3. The van der Waals surface area contributed by atoms with Gasteiger partial charge in [0.05, 0.1) is 20.8 Å². The maximum atomic E-state index is 13.2. The van der Waals surface area contributed by atoms with E-state index in [1.54, 1.807) is 4.52 Å². The summed E-state index contributed by atoms with van der Waals surface area (Å²) in [6, 6.07) is 2.28. The van der Waals surface area contributed by atoms with Gasteiger partial charge in [0.25, 0.3) is 0 Å². The number of nitrogens with one attached hydrogen (secondary N) is 2. The van der Waals surface area contributed by atoms with E-state index in [9.17, 15) is 18.3 Å². The molecule has 3 N–H and O–H groups in total. The number of aliphatic hydroxyl groups is 1. The minimum Gasteiger partial charge on any atom is -0.373 e. The molecule has 0 bridgehead atoms. The summed E-state index contributed by atoms with van der Waals surface area (Å²) in [7, 11) is 0. The fourth-order valence-electron chi connectivity index (χ4n) is 4.55. The molecule has 0 spiro atoms. The minimum atomic E-state index is -4.34. The highest BCUT2D eigenvalue weighted by atomic mass is 32.1. The Morgan fingerprint density at radius 3 is 2.79 bits per heavy atom. The van der Waals surface area contributed by atoms with E-state index >= 15 is 0 Å². The molecule has 4 aromatic rings. The van der Waals surface area contributed by atoms with Gasteiger partial charge in [-0.05, 0) is 36.1 Å². The number of aromatic amines is 1. The maximum absolute atomic E-state index is 13.2. The number of piperazine rings is 1. The van der Waals surface area contributed by atoms with Gasteiger partial charge in [-0.25, -0.2) is 9.50 Å². The smallest absolute Gasteiger partial charge is 0.373 e. The van der Waals surface area contributed by atoms with E-state index in [0.717, 1.165) is 38.2 Å². The lowest BCUT2D eigenvalue weighted by Crippen LogP contribution is -2.57. The summed E-state index contributed by atoms with van der Waals surface area (Å²) in [6.45, 7) is 6.44. The number of H-pyrrole nitrogens is 1. The normalized spacial score (nSPS) is 19.2. The van der Waals surface area contributed by atoms with Gasteiger partial charge in [0.1, 0.15) is 18.6 Å². The van der Waals surface area contributed by atoms with E-state index < -0.39 is 18.4 Å². The zero-order valence-corrected chi connectivity index (χ0v) is 19.3. The molecular weight excluding hydrogens is 453 g/mol. The fourth-order valence-corrected chi connectivity index (χ4v) is 5.88. The molecule has 1 aliphatic heterocycles. The van der Waals surface area contributed by atoms with Crippen molar-refractivity contribution >= 4 is 27.2 Å². The first-order valence-corrected chi connectivity index (χ1v) is 11.6. The Balaban J connectivity index is 1.51. The molecule has 1 aliphatic rings. The van der Waals surface area contributed by atoms with Gasteiger partial charge in [-0.1, -0.05) is 13.8 Å². The highest BCUT2D eigenvalue weighted by Gasteiger charge is 2.43. The van der Waals surface area contributed by atoms with Crippen molar-refractivity contribution in [1.82, 2.24) is 29.8 Å². The molecule has 4 aromatic heterocycles. The molecule has 1 saturated heterocycles. The van der Waals surface area contributed by atoms with Crippen molar-refractivity contribution in [3.8, 4) is 11.3 Å². The summed E-state index contributed by atoms with van der Waals surface area (Å²) in [5.74, 6) is 0.193. The topological polar surface area (TPSA) is 81.5 Å². The second kappa shape index (κ2) is 8.08. The zero-order chi connectivity index (χ0) is 23.5. The Hall–Kier alpha value is -2.47. The largest absolute Gasteiger partial charge is 0.405 e. The number of aliphatic hydroxyl groups excluding tert-OH is 1. The molecule has 33 heavy (non-hydrogen) atoms. The summed E-state index contributed by atoms with van der Waals surface area (Å²) < 4.78 is 42.3. The summed E-state index contributed by atoms with van der Waals surface area (Å²) in [5.41, 5.74) is 5.75. The third-order valence-corrected chi connectivity index (χ3v) is 7.36. The van der Waals surface area contributed by atoms with Gasteiger partial charge in [0.15, 0.2) is 5.65 Å². The monoisotopic (exact) mass is 478 g/mol. The van der Waals surface area contributed by atoms with Crippen LogP contribution in [0.2, 0.25) is 0 Å². The number of thiophene rings is 1. The van der Waals surface area contributed by atoms with Crippen LogP contribution in [0.1, 0.15) is 42.0 Å². The molecule has 176 valence electrons. The van der Waals surface area contributed by atoms with Crippen LogP contribution in [0, 0.1) is 6.92 Å². The predicted molar refractivity (Wildman–Crippen MR) is 121 cm³/mol. The first kappa shape index (κ1) is 22.3. The van der Waals surface area contributed by atoms with Gasteiger partial charge in [0, 0.05) is 31.4 Å². The van der Waals surface area contributed by atoms with Crippen molar-refractivity contribution < 1.29 is 18.3 Å². The van der Waals surface area contributed by atoms with Gasteiger partial charge in [-0.3, -0.25) is 4.90 Å². The Bertz CT molecular complexity index is 1310. The molecule has 5 heterocycles. The van der Waals surface area contributed by atoms with Crippen molar-refractivity contribution in [3.05, 3.63) is 40.7 Å². The number of hydrogen-bond acceptors (Lipinski definition) is 6. The molecule has 7 nitrogen and oxygen atoms in total. The van der Waals surface area contributed by atoms with Gasteiger partial charge in [-0.15, -0.1) is 11.3 Å². The second-order valence-electron chi connectivity index (χ2n) is 8.82. The van der Waals surface area contributed by atoms with E-state index in [0.29, 0.717) is 11.4 Å². The quantitative estimate of drug-likeness (QED) is 0.410. The highest BCUT2D eigenvalue weighted by Crippen LogP contribution is 2.42. The molecule has 11 heteroatoms. The van der Waals surface area contributed by atoms with E-state index in [-0.39, 0.29) is 19.0 Å². The number of rotatable bonds is 4. The lowest BCUT2D eigenvalue weighted by atomic mass is 9.99. The lowest BCUT2D eigenvalue weighted by molar-refractivity contribution is -0.172. The van der Waals surface area contributed by atoms with Crippen LogP contribution < -0.4 is 5.32 Å². The van der Waals surface area contributed by atoms with Crippen LogP contribution in [-0.4, -0.2) is 61.4 Å². The Kier molecular flexibility index (Phi) is 5.47. The van der Waals surface area contributed by atoms with Crippen molar-refractivity contribution in [2.75, 3.05) is 19.6 Å². The molecule has 1 unspecified atom stereocenters. The van der Waals surface area contributed by atoms with E-state index in [4.69, 9.17) is 0 Å². The Morgan fingerprint density at radius 2 is 2.06 bits per heavy atom. The standard InChI is InChI=1S/C22H25F3N6OS/c1-11(2)17-18(13-6-12(3)20-27-10-28-31(20)8-13)29-14-7-15(33-19(14)17)21(32)30-5-4-26-16(9-30)22(23,24)25/h6-8,10-11,16,21,26,29,32H,4-5,9H2,1-3H3/t16-,21?/m0/s1. The molecule has 0 saturated carbocycles. The maximum Gasteiger partial charge on any atom is 0.405 e. The summed E-state index contributed by atoms with van der Waals surface area (Å²) in [6.07, 6.45) is -1.97. The third kappa shape index (κ3) is 3.92. The average molecular weight is 479 g/mol. The van der Waals surface area contributed by atoms with Crippen LogP contribution in [0.4, 0.5) is 13.2 Å². The molecule has 0 amide bonds. The number of aryl methyl sites for hydroxylation is 1. The van der Waals surface area contributed by atoms with Gasteiger partial charge >= 0.3 is 6.18 Å². The third-order valence-electron chi connectivity index (χ3n) is 6.15. The molecular formula is C22H25F3N6OS. The summed E-state index contributed by atoms with van der Waals surface area (Å²) >= 11 is 1.43. The van der Waals surface area contributed by atoms with Crippen molar-refractivity contribution in [2.45, 2.75) is 45.1 Å². The SMILES string of the molecule is Cc1cc(-c2[nH]c3cc(C(O)N4CCN[C@H](C(F)(F)F)C4)sc3c2C(C)C)cn2ncnc12. The van der Waals surface area contributed by atoms with E-state index in [2.05, 4.69) is 40.3 Å². The highest BCUT2D eigenvalue weighted by molar-refractivity contribution is 7.19. The minimum absolute atomic E-state index is 0.177. The summed E-state index contributed by atoms with van der Waals surface area (Å²) in [4.78, 5) is 9.88. The van der Waals surface area contributed by atoms with E-state index in [1.165, 1.54) is 22.6 Å². The average Bonchev–Trinajstić information content (AvgIpc) is 3.46. The van der Waals surface area contributed by atoms with Crippen molar-refractivity contribution in [1.29, 1.82) is 0 Å². The molecule has 0 aliphatic carbocycles. The Labute approximate surface area is 192 Å². The molecule has 2 atom stereocenters. The van der Waals surface area contributed by atoms with Crippen LogP contribution in [0.25, 0.3) is 27.1 Å². The number of alkyl halides is 3. The number of pyridine rings is 1. The number of aromatic nitrogens is 4. The number of nitrogens with zero attached hydrogens (tertiary/aromatic N) is 4. The van der Waals surface area contributed by atoms with Gasteiger partial charge in [-0.2, -0.15) is 18.3 Å². The zero-order valence-electron chi connectivity index (χ0n) is 18.4. The van der Waals surface area contributed by atoms with Crippen molar-refractivity contribution in [2.24, 2.45) is 0 Å². The Morgan fingerprint density at radius 1 is 1.27 bits per heavy atom. The second-order valence-corrected chi connectivity index (χ2v) is 9.90.